The third-order valence-electron chi connectivity index (χ3n) is 12.6. The summed E-state index contributed by atoms with van der Waals surface area (Å²) in [6.07, 6.45) is -0.204. The van der Waals surface area contributed by atoms with Crippen molar-refractivity contribution in [3.05, 3.63) is 58.1 Å². The summed E-state index contributed by atoms with van der Waals surface area (Å²) in [5.41, 5.74) is 5.62. The Morgan fingerprint density at radius 3 is 2.33 bits per heavy atom. The monoisotopic (exact) mass is 861 g/mol. The maximum Gasteiger partial charge on any atom is 0.418 e. The van der Waals surface area contributed by atoms with E-state index in [1.165, 1.54) is 11.0 Å². The minimum atomic E-state index is -4.79. The van der Waals surface area contributed by atoms with Crippen molar-refractivity contribution in [2.24, 2.45) is 0 Å². The second kappa shape index (κ2) is 20.1. The van der Waals surface area contributed by atoms with Crippen LogP contribution >= 0.6 is 11.6 Å². The van der Waals surface area contributed by atoms with Gasteiger partial charge in [-0.05, 0) is 74.8 Å². The lowest BCUT2D eigenvalue weighted by Gasteiger charge is -2.50. The molecule has 0 aliphatic carbocycles. The van der Waals surface area contributed by atoms with Gasteiger partial charge in [-0.3, -0.25) is 19.4 Å². The second-order valence-electron chi connectivity index (χ2n) is 16.7. The number of alkyl halides is 3. The van der Waals surface area contributed by atoms with Crippen LogP contribution in [0.1, 0.15) is 81.9 Å². The van der Waals surface area contributed by atoms with Gasteiger partial charge in [-0.2, -0.15) is 13.2 Å². The van der Waals surface area contributed by atoms with E-state index in [0.717, 1.165) is 56.1 Å². The third-order valence-corrected chi connectivity index (χ3v) is 13.0. The molecule has 0 aromatic heterocycles. The molecule has 4 aliphatic rings. The van der Waals surface area contributed by atoms with Crippen molar-refractivity contribution >= 4 is 47.0 Å². The summed E-state index contributed by atoms with van der Waals surface area (Å²) in [5, 5.41) is 2.68. The Morgan fingerprint density at radius 1 is 0.950 bits per heavy atom. The van der Waals surface area contributed by atoms with Gasteiger partial charge in [0.15, 0.2) is 6.10 Å². The van der Waals surface area contributed by atoms with Gasteiger partial charge < -0.3 is 35.2 Å². The predicted octanol–water partition coefficient (Wildman–Crippen LogP) is 6.67. The third kappa shape index (κ3) is 11.3. The molecule has 0 radical (unpaired) electrons. The molecule has 0 saturated carbocycles. The van der Waals surface area contributed by atoms with Gasteiger partial charge >= 0.3 is 24.3 Å². The van der Waals surface area contributed by atoms with E-state index >= 15 is 0 Å². The minimum absolute atomic E-state index is 0.0552. The van der Waals surface area contributed by atoms with Gasteiger partial charge in [-0.1, -0.05) is 56.0 Å². The number of nitrogen functional groups attached to an aromatic ring is 1. The predicted molar refractivity (Wildman–Crippen MR) is 223 cm³/mol. The highest BCUT2D eigenvalue weighted by Gasteiger charge is 2.42. The van der Waals surface area contributed by atoms with Gasteiger partial charge in [0.1, 0.15) is 0 Å². The van der Waals surface area contributed by atoms with Gasteiger partial charge in [0.2, 0.25) is 0 Å². The maximum atomic E-state index is 14.3. The number of hydrogen-bond donors (Lipinski definition) is 2. The van der Waals surface area contributed by atoms with Gasteiger partial charge in [-0.15, -0.1) is 0 Å². The molecule has 0 bridgehead atoms. The first-order valence-electron chi connectivity index (χ1n) is 21.3. The van der Waals surface area contributed by atoms with Crippen LogP contribution in [-0.2, 0) is 38.1 Å². The van der Waals surface area contributed by atoms with E-state index in [1.54, 1.807) is 9.80 Å². The lowest BCUT2D eigenvalue weighted by atomic mass is 9.86. The number of anilines is 2. The molecule has 1 atom stereocenters. The molecule has 6 rings (SSSR count). The lowest BCUT2D eigenvalue weighted by Crippen LogP contribution is -2.60. The summed E-state index contributed by atoms with van der Waals surface area (Å²) in [7, 11) is 0. The summed E-state index contributed by atoms with van der Waals surface area (Å²) in [5.74, 6) is -0.706. The average molecular weight is 862 g/mol. The minimum Gasteiger partial charge on any atom is -0.465 e. The Kier molecular flexibility index (Phi) is 15.1. The number of benzene rings is 2. The van der Waals surface area contributed by atoms with Crippen LogP contribution in [0.25, 0.3) is 0 Å². The van der Waals surface area contributed by atoms with Crippen LogP contribution in [0, 0.1) is 0 Å². The van der Waals surface area contributed by atoms with Crippen LogP contribution in [0.3, 0.4) is 0 Å². The summed E-state index contributed by atoms with van der Waals surface area (Å²) in [4.78, 5) is 63.0. The average Bonchev–Trinajstić information content (AvgIpc) is 3.39. The molecular weight excluding hydrogens is 803 g/mol. The smallest absolute Gasteiger partial charge is 0.418 e. The molecule has 3 saturated heterocycles. The van der Waals surface area contributed by atoms with Crippen LogP contribution in [0.5, 0.6) is 0 Å². The van der Waals surface area contributed by atoms with Gasteiger partial charge in [0, 0.05) is 82.6 Å². The molecule has 17 heteroatoms. The second-order valence-corrected chi connectivity index (χ2v) is 17.1. The standard InChI is InChI=1S/C43H59ClF3N7O6/c1-3-4-5-8-25-59-37(55)29-50-21-23-53(24-22-50)42(2)14-19-51(20-15-42)39(56)36(28-30-26-33(43(45,46)47)38(48)34(44)27-30)60-41(58)52-16-12-32(13-17-52)54-18-11-31-9-6-7-10-35(31)49-40(54)57/h6-7,9-10,26-27,32,36H,3-5,8,11-25,28-29,48H2,1-2H3,(H,49,57)/t36-/m1/s1. The Labute approximate surface area is 355 Å². The number of urea groups is 1. The first-order valence-corrected chi connectivity index (χ1v) is 21.7. The molecule has 13 nitrogen and oxygen atoms in total. The molecule has 2 aromatic rings. The Balaban J connectivity index is 1.06. The van der Waals surface area contributed by atoms with Crippen molar-refractivity contribution in [2.45, 2.75) is 102 Å². The molecule has 0 unspecified atom stereocenters. The number of likely N-dealkylation sites (tertiary alicyclic amines) is 2. The molecular formula is C43H59ClF3N7O6. The van der Waals surface area contributed by atoms with Gasteiger partial charge in [0.05, 0.1) is 29.4 Å². The summed E-state index contributed by atoms with van der Waals surface area (Å²) in [6.45, 7) is 9.71. The number of amides is 4. The van der Waals surface area contributed by atoms with Crippen molar-refractivity contribution in [2.75, 3.05) is 83.1 Å². The van der Waals surface area contributed by atoms with E-state index in [-0.39, 0.29) is 60.2 Å². The molecule has 4 heterocycles. The summed E-state index contributed by atoms with van der Waals surface area (Å²) in [6, 6.07) is 9.48. The van der Waals surface area contributed by atoms with Crippen LogP contribution < -0.4 is 11.1 Å². The maximum absolute atomic E-state index is 14.3. The number of nitrogens with two attached hydrogens (primary N) is 1. The zero-order valence-corrected chi connectivity index (χ0v) is 35.5. The molecule has 60 heavy (non-hydrogen) atoms. The number of carbonyl (C=O) groups is 4. The quantitative estimate of drug-likeness (QED) is 0.129. The number of fused-ring (bicyclic) bond motifs is 1. The molecule has 2 aromatic carbocycles. The number of halogens is 4. The van der Waals surface area contributed by atoms with E-state index in [2.05, 4.69) is 29.0 Å². The van der Waals surface area contributed by atoms with Crippen molar-refractivity contribution in [3.8, 4) is 0 Å². The number of nitrogens with one attached hydrogen (secondary N) is 1. The van der Waals surface area contributed by atoms with E-state index in [1.807, 2.05) is 24.3 Å². The number of unbranched alkanes of at least 4 members (excludes halogenated alkanes) is 3. The fraction of sp³-hybridized carbons (Fsp3) is 0.628. The van der Waals surface area contributed by atoms with E-state index in [9.17, 15) is 32.3 Å². The highest BCUT2D eigenvalue weighted by Crippen LogP contribution is 2.38. The van der Waals surface area contributed by atoms with Gasteiger partial charge in [0.25, 0.3) is 5.91 Å². The van der Waals surface area contributed by atoms with Crippen molar-refractivity contribution in [1.29, 1.82) is 0 Å². The van der Waals surface area contributed by atoms with Gasteiger partial charge in [-0.25, -0.2) is 9.59 Å². The number of ether oxygens (including phenoxy) is 2. The molecule has 3 fully saturated rings. The zero-order valence-electron chi connectivity index (χ0n) is 34.7. The number of hydrogen-bond acceptors (Lipinski definition) is 9. The first kappa shape index (κ1) is 45.3. The largest absolute Gasteiger partial charge is 0.465 e. The van der Waals surface area contributed by atoms with E-state index in [4.69, 9.17) is 26.8 Å². The van der Waals surface area contributed by atoms with Crippen molar-refractivity contribution < 1.29 is 41.8 Å². The lowest BCUT2D eigenvalue weighted by molar-refractivity contribution is -0.146. The fourth-order valence-corrected chi connectivity index (χ4v) is 9.07. The number of nitrogens with zero attached hydrogens (tertiary/aromatic N) is 5. The number of para-hydroxylation sites is 1. The topological polar surface area (TPSA) is 141 Å². The SMILES string of the molecule is CCCCCCOC(=O)CN1CCN(C2(C)CCN(C(=O)[C@@H](Cc3cc(Cl)c(N)c(C(F)(F)F)c3)OC(=O)N3CCC(N4CCc5ccccc5NC4=O)CC3)CC2)CC1. The molecule has 4 amide bonds. The van der Waals surface area contributed by atoms with Crippen LogP contribution in [0.4, 0.5) is 34.1 Å². The Morgan fingerprint density at radius 2 is 1.65 bits per heavy atom. The first-order chi connectivity index (χ1) is 28.6. The van der Waals surface area contributed by atoms with E-state index in [0.29, 0.717) is 71.4 Å². The van der Waals surface area contributed by atoms with Crippen molar-refractivity contribution in [1.82, 2.24) is 24.5 Å². The van der Waals surface area contributed by atoms with Crippen LogP contribution in [0.15, 0.2) is 36.4 Å². The Hall–Kier alpha value is -4.28. The fourth-order valence-electron chi connectivity index (χ4n) is 8.83. The highest BCUT2D eigenvalue weighted by molar-refractivity contribution is 6.33. The molecule has 3 N–H and O–H groups in total. The summed E-state index contributed by atoms with van der Waals surface area (Å²) < 4.78 is 53.2. The summed E-state index contributed by atoms with van der Waals surface area (Å²) >= 11 is 6.16. The normalized spacial score (nSPS) is 19.9. The van der Waals surface area contributed by atoms with Crippen LogP contribution in [0.2, 0.25) is 5.02 Å². The number of piperazine rings is 1. The Bertz CT molecular complexity index is 1830. The molecule has 330 valence electrons. The molecule has 0 spiro atoms. The van der Waals surface area contributed by atoms with Crippen LogP contribution in [-0.4, -0.2) is 138 Å². The zero-order chi connectivity index (χ0) is 43.0. The van der Waals surface area contributed by atoms with Crippen molar-refractivity contribution in [3.63, 3.8) is 0 Å². The van der Waals surface area contributed by atoms with E-state index < -0.39 is 35.5 Å². The highest BCUT2D eigenvalue weighted by atomic mass is 35.5. The number of piperidine rings is 2. The number of rotatable bonds is 13. The number of carbonyl (C=O) groups excluding carboxylic acids is 4. The molecule has 4 aliphatic heterocycles. The number of esters is 1.